The molecular formula is C11H10O3. The number of aromatic carboxylic acids is 1. The summed E-state index contributed by atoms with van der Waals surface area (Å²) in [6.45, 7) is 0.334. The summed E-state index contributed by atoms with van der Waals surface area (Å²) in [6.07, 6.45) is 5.51. The predicted octanol–water partition coefficient (Wildman–Crippen LogP) is 1.79. The second-order valence-electron chi connectivity index (χ2n) is 2.60. The molecule has 0 radical (unpaired) electrons. The van der Waals surface area contributed by atoms with Crippen molar-refractivity contribution in [2.75, 3.05) is 6.61 Å². The molecule has 0 heterocycles. The summed E-state index contributed by atoms with van der Waals surface area (Å²) in [5, 5.41) is 8.80. The highest BCUT2D eigenvalue weighted by atomic mass is 16.5. The molecule has 0 aliphatic heterocycles. The maximum Gasteiger partial charge on any atom is 0.339 e. The number of carboxylic acids is 1. The summed E-state index contributed by atoms with van der Waals surface area (Å²) >= 11 is 0. The summed E-state index contributed by atoms with van der Waals surface area (Å²) < 4.78 is 5.22. The maximum absolute atomic E-state index is 10.7. The fourth-order valence-corrected chi connectivity index (χ4v) is 0.989. The van der Waals surface area contributed by atoms with Crippen LogP contribution in [0.3, 0.4) is 0 Å². The van der Waals surface area contributed by atoms with Crippen LogP contribution in [0.15, 0.2) is 24.3 Å². The number of para-hydroxylation sites is 1. The van der Waals surface area contributed by atoms with Gasteiger partial charge >= 0.3 is 5.97 Å². The van der Waals surface area contributed by atoms with Crippen molar-refractivity contribution < 1.29 is 14.6 Å². The van der Waals surface area contributed by atoms with Crippen molar-refractivity contribution in [1.29, 1.82) is 0 Å². The third kappa shape index (κ3) is 2.53. The van der Waals surface area contributed by atoms with E-state index < -0.39 is 5.97 Å². The summed E-state index contributed by atoms with van der Waals surface area (Å²) in [4.78, 5) is 10.7. The van der Waals surface area contributed by atoms with Crippen molar-refractivity contribution >= 4 is 5.97 Å². The summed E-state index contributed by atoms with van der Waals surface area (Å²) in [5.41, 5.74) is 0.157. The fourth-order valence-electron chi connectivity index (χ4n) is 0.989. The second kappa shape index (κ2) is 4.93. The molecule has 0 unspecified atom stereocenters. The van der Waals surface area contributed by atoms with Crippen molar-refractivity contribution in [3.05, 3.63) is 29.8 Å². The minimum atomic E-state index is -0.999. The van der Waals surface area contributed by atoms with Crippen LogP contribution in [-0.2, 0) is 0 Å². The van der Waals surface area contributed by atoms with E-state index in [1.54, 1.807) is 18.2 Å². The highest BCUT2D eigenvalue weighted by Gasteiger charge is 2.08. The molecule has 3 heteroatoms. The number of hydrogen-bond acceptors (Lipinski definition) is 2. The van der Waals surface area contributed by atoms with E-state index in [2.05, 4.69) is 5.92 Å². The average Bonchev–Trinajstić information content (AvgIpc) is 2.19. The molecule has 1 aromatic carbocycles. The molecule has 0 aliphatic carbocycles. The molecule has 0 saturated heterocycles. The number of benzene rings is 1. The van der Waals surface area contributed by atoms with Gasteiger partial charge in [-0.25, -0.2) is 4.79 Å². The Kier molecular flexibility index (Phi) is 3.57. The molecule has 0 aromatic heterocycles. The lowest BCUT2D eigenvalue weighted by Gasteiger charge is -2.06. The molecule has 0 fully saturated rings. The van der Waals surface area contributed by atoms with Crippen LogP contribution in [0.1, 0.15) is 16.8 Å². The van der Waals surface area contributed by atoms with Crippen molar-refractivity contribution in [3.8, 4) is 18.1 Å². The first-order valence-electron chi connectivity index (χ1n) is 4.14. The van der Waals surface area contributed by atoms with Gasteiger partial charge in [0.15, 0.2) is 0 Å². The zero-order valence-electron chi connectivity index (χ0n) is 7.56. The van der Waals surface area contributed by atoms with Gasteiger partial charge in [0.1, 0.15) is 11.3 Å². The zero-order valence-corrected chi connectivity index (χ0v) is 7.56. The number of hydrogen-bond donors (Lipinski definition) is 1. The maximum atomic E-state index is 10.7. The van der Waals surface area contributed by atoms with Gasteiger partial charge in [-0.2, -0.15) is 0 Å². The highest BCUT2D eigenvalue weighted by molar-refractivity contribution is 5.90. The van der Waals surface area contributed by atoms with Gasteiger partial charge in [0.2, 0.25) is 0 Å². The molecule has 1 N–H and O–H groups in total. The van der Waals surface area contributed by atoms with Crippen LogP contribution >= 0.6 is 0 Å². The number of ether oxygens (including phenoxy) is 1. The Morgan fingerprint density at radius 3 is 2.86 bits per heavy atom. The van der Waals surface area contributed by atoms with E-state index in [1.165, 1.54) is 6.07 Å². The van der Waals surface area contributed by atoms with Gasteiger partial charge in [0, 0.05) is 6.42 Å². The molecule has 14 heavy (non-hydrogen) atoms. The number of terminal acetylenes is 1. The third-order valence-electron chi connectivity index (χ3n) is 1.62. The van der Waals surface area contributed by atoms with Crippen LogP contribution in [0.25, 0.3) is 0 Å². The summed E-state index contributed by atoms with van der Waals surface area (Å²) in [6, 6.07) is 6.47. The van der Waals surface area contributed by atoms with Crippen LogP contribution in [0.2, 0.25) is 0 Å². The molecule has 0 saturated carbocycles. The van der Waals surface area contributed by atoms with Gasteiger partial charge < -0.3 is 9.84 Å². The summed E-state index contributed by atoms with van der Waals surface area (Å²) in [7, 11) is 0. The Morgan fingerprint density at radius 2 is 2.21 bits per heavy atom. The Labute approximate surface area is 82.3 Å². The zero-order chi connectivity index (χ0) is 10.4. The lowest BCUT2D eigenvalue weighted by molar-refractivity contribution is 0.0692. The van der Waals surface area contributed by atoms with Crippen LogP contribution in [-0.4, -0.2) is 17.7 Å². The minimum Gasteiger partial charge on any atom is -0.492 e. The first-order valence-corrected chi connectivity index (χ1v) is 4.14. The smallest absolute Gasteiger partial charge is 0.339 e. The Bertz CT molecular complexity index is 363. The van der Waals surface area contributed by atoms with Gasteiger partial charge in [-0.15, -0.1) is 12.3 Å². The first kappa shape index (κ1) is 10.1. The van der Waals surface area contributed by atoms with E-state index in [4.69, 9.17) is 16.3 Å². The third-order valence-corrected chi connectivity index (χ3v) is 1.62. The molecule has 0 amide bonds. The van der Waals surface area contributed by atoms with Crippen molar-refractivity contribution in [2.45, 2.75) is 6.42 Å². The Morgan fingerprint density at radius 1 is 1.50 bits per heavy atom. The quantitative estimate of drug-likeness (QED) is 0.581. The van der Waals surface area contributed by atoms with Crippen molar-refractivity contribution in [1.82, 2.24) is 0 Å². The van der Waals surface area contributed by atoms with E-state index in [0.717, 1.165) is 0 Å². The highest BCUT2D eigenvalue weighted by Crippen LogP contribution is 2.17. The van der Waals surface area contributed by atoms with E-state index >= 15 is 0 Å². The van der Waals surface area contributed by atoms with Crippen LogP contribution in [0.5, 0.6) is 5.75 Å². The largest absolute Gasteiger partial charge is 0.492 e. The van der Waals surface area contributed by atoms with E-state index in [1.807, 2.05) is 0 Å². The molecule has 0 spiro atoms. The normalized spacial score (nSPS) is 9.07. The molecule has 0 bridgehead atoms. The standard InChI is InChI=1S/C11H10O3/c1-2-3-8-14-10-7-5-4-6-9(10)11(12)13/h1,4-7H,3,8H2,(H,12,13). The molecule has 3 nitrogen and oxygen atoms in total. The van der Waals surface area contributed by atoms with Crippen LogP contribution < -0.4 is 4.74 Å². The fraction of sp³-hybridized carbons (Fsp3) is 0.182. The van der Waals surface area contributed by atoms with Gasteiger partial charge in [-0.3, -0.25) is 0 Å². The van der Waals surface area contributed by atoms with Gasteiger partial charge in [-0.1, -0.05) is 12.1 Å². The molecule has 72 valence electrons. The molecular weight excluding hydrogens is 180 g/mol. The lowest BCUT2D eigenvalue weighted by atomic mass is 10.2. The molecule has 1 aromatic rings. The Hall–Kier alpha value is -1.95. The van der Waals surface area contributed by atoms with E-state index in [9.17, 15) is 4.79 Å². The summed E-state index contributed by atoms with van der Waals surface area (Å²) in [5.74, 6) is 1.77. The molecule has 0 aliphatic rings. The average molecular weight is 190 g/mol. The molecule has 0 atom stereocenters. The van der Waals surface area contributed by atoms with Crippen LogP contribution in [0.4, 0.5) is 0 Å². The van der Waals surface area contributed by atoms with Crippen molar-refractivity contribution in [3.63, 3.8) is 0 Å². The number of carbonyl (C=O) groups is 1. The topological polar surface area (TPSA) is 46.5 Å². The molecule has 1 rings (SSSR count). The van der Waals surface area contributed by atoms with Gasteiger partial charge in [-0.05, 0) is 12.1 Å². The minimum absolute atomic E-state index is 0.157. The van der Waals surface area contributed by atoms with Crippen LogP contribution in [0, 0.1) is 12.3 Å². The van der Waals surface area contributed by atoms with E-state index in [0.29, 0.717) is 18.8 Å². The second-order valence-corrected chi connectivity index (χ2v) is 2.60. The first-order chi connectivity index (χ1) is 6.75. The predicted molar refractivity (Wildman–Crippen MR) is 52.3 cm³/mol. The Balaban J connectivity index is 2.75. The van der Waals surface area contributed by atoms with E-state index in [-0.39, 0.29) is 5.56 Å². The van der Waals surface area contributed by atoms with Gasteiger partial charge in [0.05, 0.1) is 6.61 Å². The SMILES string of the molecule is C#CCCOc1ccccc1C(=O)O. The number of rotatable bonds is 4. The monoisotopic (exact) mass is 190 g/mol. The van der Waals surface area contributed by atoms with Gasteiger partial charge in [0.25, 0.3) is 0 Å². The number of carboxylic acid groups (broad SMARTS) is 1. The van der Waals surface area contributed by atoms with Crippen molar-refractivity contribution in [2.24, 2.45) is 0 Å². The lowest BCUT2D eigenvalue weighted by Crippen LogP contribution is -2.03.